The van der Waals surface area contributed by atoms with Gasteiger partial charge < -0.3 is 24.7 Å². The van der Waals surface area contributed by atoms with Crippen molar-refractivity contribution in [3.05, 3.63) is 68.4 Å². The zero-order valence-corrected chi connectivity index (χ0v) is 25.3. The molecular weight excluding hydrogens is 579 g/mol. The molecule has 3 N–H and O–H groups in total. The highest BCUT2D eigenvalue weighted by Gasteiger charge is 2.35. The predicted molar refractivity (Wildman–Crippen MR) is 159 cm³/mol. The van der Waals surface area contributed by atoms with E-state index in [0.29, 0.717) is 46.0 Å². The Kier molecular flexibility index (Phi) is 8.59. The van der Waals surface area contributed by atoms with Gasteiger partial charge in [0.2, 0.25) is 11.8 Å². The molecule has 230 valence electrons. The molecule has 1 aliphatic rings. The van der Waals surface area contributed by atoms with Crippen molar-refractivity contribution in [3.8, 4) is 16.5 Å². The van der Waals surface area contributed by atoms with Crippen LogP contribution in [0.5, 0.6) is 5.75 Å². The van der Waals surface area contributed by atoms with Gasteiger partial charge in [0, 0.05) is 5.56 Å². The Balaban J connectivity index is 1.71. The van der Waals surface area contributed by atoms with Crippen LogP contribution < -0.4 is 21.7 Å². The van der Waals surface area contributed by atoms with Crippen LogP contribution in [0, 0.1) is 18.7 Å². The number of rotatable bonds is 10. The molecular formula is C30H35FN4O7S. The molecule has 0 radical (unpaired) electrons. The SMILES string of the molecule is COc1ccc(F)cc1[C@H](Cn1c(=O)n(C(C)(C)C(N)=O)c(=O)c2c(C)c(-c3ncco3)sc21)OCC1CCC(O)CC1. The summed E-state index contributed by atoms with van der Waals surface area (Å²) in [6.45, 7) is 4.70. The van der Waals surface area contributed by atoms with E-state index >= 15 is 0 Å². The summed E-state index contributed by atoms with van der Waals surface area (Å²) < 4.78 is 34.3. The van der Waals surface area contributed by atoms with Gasteiger partial charge in [-0.1, -0.05) is 0 Å². The monoisotopic (exact) mass is 614 g/mol. The minimum atomic E-state index is -1.67. The average molecular weight is 615 g/mol. The molecule has 1 aromatic carbocycles. The summed E-state index contributed by atoms with van der Waals surface area (Å²) in [5, 5.41) is 10.2. The lowest BCUT2D eigenvalue weighted by molar-refractivity contribution is -0.125. The van der Waals surface area contributed by atoms with Gasteiger partial charge in [-0.25, -0.2) is 18.7 Å². The van der Waals surface area contributed by atoms with Gasteiger partial charge in [-0.15, -0.1) is 11.3 Å². The van der Waals surface area contributed by atoms with Gasteiger partial charge in [0.15, 0.2) is 0 Å². The Hall–Kier alpha value is -3.81. The fourth-order valence-corrected chi connectivity index (χ4v) is 6.82. The second kappa shape index (κ2) is 12.1. The summed E-state index contributed by atoms with van der Waals surface area (Å²) in [4.78, 5) is 45.7. The number of aliphatic hydroxyl groups is 1. The van der Waals surface area contributed by atoms with Gasteiger partial charge in [-0.2, -0.15) is 0 Å². The molecule has 5 rings (SSSR count). The Morgan fingerprint density at radius 3 is 2.63 bits per heavy atom. The topological polar surface area (TPSA) is 152 Å². The number of aromatic nitrogens is 3. The molecule has 3 aromatic heterocycles. The smallest absolute Gasteiger partial charge is 0.333 e. The molecule has 1 aliphatic carbocycles. The number of oxazole rings is 1. The van der Waals surface area contributed by atoms with Crippen LogP contribution in [0.15, 0.2) is 44.7 Å². The van der Waals surface area contributed by atoms with Crippen molar-refractivity contribution < 1.29 is 28.2 Å². The number of aryl methyl sites for hydroxylation is 1. The van der Waals surface area contributed by atoms with Crippen LogP contribution in [0.25, 0.3) is 21.0 Å². The maximum Gasteiger partial charge on any atom is 0.333 e. The molecule has 1 fully saturated rings. The van der Waals surface area contributed by atoms with Crippen molar-refractivity contribution in [2.45, 2.75) is 70.7 Å². The molecule has 0 unspecified atom stereocenters. The summed E-state index contributed by atoms with van der Waals surface area (Å²) in [5.41, 5.74) is 3.46. The first-order valence-corrected chi connectivity index (χ1v) is 14.9. The Morgan fingerprint density at radius 2 is 2.00 bits per heavy atom. The van der Waals surface area contributed by atoms with Crippen molar-refractivity contribution in [1.29, 1.82) is 0 Å². The van der Waals surface area contributed by atoms with Crippen molar-refractivity contribution in [1.82, 2.24) is 14.1 Å². The third kappa shape index (κ3) is 5.76. The zero-order valence-electron chi connectivity index (χ0n) is 24.5. The van der Waals surface area contributed by atoms with Gasteiger partial charge in [0.05, 0.1) is 42.8 Å². The first-order valence-electron chi connectivity index (χ1n) is 14.1. The molecule has 43 heavy (non-hydrogen) atoms. The number of amides is 1. The van der Waals surface area contributed by atoms with Crippen LogP contribution >= 0.6 is 11.3 Å². The number of benzene rings is 1. The Labute approximate surface area is 250 Å². The van der Waals surface area contributed by atoms with E-state index in [9.17, 15) is 23.9 Å². The molecule has 1 saturated carbocycles. The van der Waals surface area contributed by atoms with Gasteiger partial charge in [-0.05, 0) is 76.1 Å². The number of fused-ring (bicyclic) bond motifs is 1. The molecule has 4 aromatic rings. The van der Waals surface area contributed by atoms with E-state index in [1.165, 1.54) is 56.2 Å². The lowest BCUT2D eigenvalue weighted by Crippen LogP contribution is -2.54. The van der Waals surface area contributed by atoms with Crippen LogP contribution in [0.1, 0.15) is 56.8 Å². The van der Waals surface area contributed by atoms with Crippen LogP contribution in [0.2, 0.25) is 0 Å². The number of carbonyl (C=O) groups is 1. The van der Waals surface area contributed by atoms with Crippen LogP contribution in [-0.4, -0.2) is 45.0 Å². The zero-order chi connectivity index (χ0) is 31.1. The third-order valence-corrected chi connectivity index (χ3v) is 9.54. The van der Waals surface area contributed by atoms with Crippen molar-refractivity contribution in [2.24, 2.45) is 11.7 Å². The van der Waals surface area contributed by atoms with Gasteiger partial charge in [0.25, 0.3) is 5.56 Å². The predicted octanol–water partition coefficient (Wildman–Crippen LogP) is 3.87. The molecule has 13 heteroatoms. The summed E-state index contributed by atoms with van der Waals surface area (Å²) in [7, 11) is 1.46. The number of primary amides is 1. The normalized spacial score (nSPS) is 18.2. The summed E-state index contributed by atoms with van der Waals surface area (Å²) in [5.74, 6) is -0.580. The number of thiophene rings is 1. The third-order valence-electron chi connectivity index (χ3n) is 8.24. The maximum absolute atomic E-state index is 14.6. The average Bonchev–Trinajstić information content (AvgIpc) is 3.61. The van der Waals surface area contributed by atoms with E-state index < -0.39 is 34.6 Å². The lowest BCUT2D eigenvalue weighted by atomic mass is 9.88. The number of ether oxygens (including phenoxy) is 2. The Morgan fingerprint density at radius 1 is 1.28 bits per heavy atom. The lowest BCUT2D eigenvalue weighted by Gasteiger charge is -2.29. The van der Waals surface area contributed by atoms with E-state index in [1.807, 2.05) is 0 Å². The number of nitrogens with two attached hydrogens (primary N) is 1. The number of nitrogens with zero attached hydrogens (tertiary/aromatic N) is 3. The summed E-state index contributed by atoms with van der Waals surface area (Å²) in [6.07, 6.45) is 4.52. The standard InChI is InChI=1S/C30H35FN4O7S/c1-16-23-26(37)35(30(2,3)28(32)38)29(39)34(27(23)43-24(16)25-33-11-12-41-25)14-22(20-13-18(31)7-10-21(20)40-4)42-15-17-5-8-19(36)9-6-17/h7,10-13,17,19,22,36H,5-6,8-9,14-15H2,1-4H3,(H2,32,38)/t17?,19?,22-/m0/s1. The molecule has 3 heterocycles. The van der Waals surface area contributed by atoms with Gasteiger partial charge >= 0.3 is 5.69 Å². The number of carbonyl (C=O) groups excluding carboxylic acids is 1. The van der Waals surface area contributed by atoms with Crippen LogP contribution in [0.3, 0.4) is 0 Å². The quantitative estimate of drug-likeness (QED) is 0.273. The highest BCUT2D eigenvalue weighted by molar-refractivity contribution is 7.22. The van der Waals surface area contributed by atoms with Crippen molar-refractivity contribution in [3.63, 3.8) is 0 Å². The van der Waals surface area contributed by atoms with E-state index in [1.54, 1.807) is 6.92 Å². The number of halogens is 1. The molecule has 0 saturated heterocycles. The molecule has 11 nitrogen and oxygen atoms in total. The van der Waals surface area contributed by atoms with Crippen LogP contribution in [0.4, 0.5) is 4.39 Å². The minimum Gasteiger partial charge on any atom is -0.496 e. The maximum atomic E-state index is 14.6. The second-order valence-electron chi connectivity index (χ2n) is 11.4. The fourth-order valence-electron chi connectivity index (χ4n) is 5.58. The number of hydrogen-bond donors (Lipinski definition) is 2. The first-order chi connectivity index (χ1) is 20.4. The van der Waals surface area contributed by atoms with E-state index in [2.05, 4.69) is 4.98 Å². The van der Waals surface area contributed by atoms with Crippen LogP contribution in [-0.2, 0) is 21.6 Å². The number of hydrogen-bond acceptors (Lipinski definition) is 9. The Bertz CT molecular complexity index is 1750. The largest absolute Gasteiger partial charge is 0.496 e. The first kappa shape index (κ1) is 30.6. The molecule has 0 bridgehead atoms. The fraction of sp³-hybridized carbons (Fsp3) is 0.467. The molecule has 1 atom stereocenters. The van der Waals surface area contributed by atoms with E-state index in [4.69, 9.17) is 19.6 Å². The molecule has 0 aliphatic heterocycles. The van der Waals surface area contributed by atoms with E-state index in [0.717, 1.165) is 28.7 Å². The molecule has 0 spiro atoms. The van der Waals surface area contributed by atoms with Crippen molar-refractivity contribution >= 4 is 27.5 Å². The second-order valence-corrected chi connectivity index (χ2v) is 12.4. The highest BCUT2D eigenvalue weighted by atomic mass is 32.1. The number of methoxy groups -OCH3 is 1. The van der Waals surface area contributed by atoms with Gasteiger partial charge in [-0.3, -0.25) is 14.2 Å². The summed E-state index contributed by atoms with van der Waals surface area (Å²) in [6, 6.07) is 4.06. The van der Waals surface area contributed by atoms with E-state index in [-0.39, 0.29) is 29.8 Å². The highest BCUT2D eigenvalue weighted by Crippen LogP contribution is 2.38. The number of aliphatic hydroxyl groups excluding tert-OH is 1. The van der Waals surface area contributed by atoms with Gasteiger partial charge in [0.1, 0.15) is 34.3 Å². The minimum absolute atomic E-state index is 0.134. The summed E-state index contributed by atoms with van der Waals surface area (Å²) >= 11 is 1.15. The molecule has 1 amide bonds. The van der Waals surface area contributed by atoms with Crippen molar-refractivity contribution in [2.75, 3.05) is 13.7 Å².